The number of hydrogen-bond acceptors (Lipinski definition) is 2. The summed E-state index contributed by atoms with van der Waals surface area (Å²) in [5, 5.41) is 0.449. The molecule has 0 heterocycles. The molecule has 0 aromatic heterocycles. The van der Waals surface area contributed by atoms with Gasteiger partial charge in [-0.3, -0.25) is 4.72 Å². The van der Waals surface area contributed by atoms with Crippen molar-refractivity contribution in [1.29, 1.82) is 0 Å². The second-order valence-electron chi connectivity index (χ2n) is 5.11. The minimum Gasteiger partial charge on any atom is -0.280 e. The highest BCUT2D eigenvalue weighted by Gasteiger charge is 2.18. The first-order chi connectivity index (χ1) is 10.3. The summed E-state index contributed by atoms with van der Waals surface area (Å²) in [5.74, 6) is 0.438. The van der Waals surface area contributed by atoms with Crippen LogP contribution in [-0.4, -0.2) is 8.42 Å². The summed E-state index contributed by atoms with van der Waals surface area (Å²) in [4.78, 5) is -0.0346. The maximum absolute atomic E-state index is 12.4. The van der Waals surface area contributed by atoms with Crippen molar-refractivity contribution in [2.45, 2.75) is 31.1 Å². The van der Waals surface area contributed by atoms with Crippen molar-refractivity contribution >= 4 is 38.9 Å². The summed E-state index contributed by atoms with van der Waals surface area (Å²) in [6.07, 6.45) is 1.03. The van der Waals surface area contributed by atoms with Crippen molar-refractivity contribution in [2.24, 2.45) is 0 Å². The van der Waals surface area contributed by atoms with Gasteiger partial charge in [-0.05, 0) is 48.2 Å². The molecule has 1 N–H and O–H groups in total. The zero-order chi connectivity index (χ0) is 16.3. The maximum Gasteiger partial charge on any atom is 0.263 e. The van der Waals surface area contributed by atoms with Gasteiger partial charge < -0.3 is 0 Å². The van der Waals surface area contributed by atoms with Crippen molar-refractivity contribution in [3.63, 3.8) is 0 Å². The van der Waals surface area contributed by atoms with Crippen LogP contribution < -0.4 is 4.72 Å². The smallest absolute Gasteiger partial charge is 0.263 e. The van der Waals surface area contributed by atoms with Crippen LogP contribution in [0.5, 0.6) is 0 Å². The Bertz CT molecular complexity index is 758. The number of hydrogen-bond donors (Lipinski definition) is 1. The highest BCUT2D eigenvalue weighted by molar-refractivity contribution is 7.92. The van der Waals surface area contributed by atoms with E-state index in [1.54, 1.807) is 18.2 Å². The topological polar surface area (TPSA) is 46.2 Å². The Morgan fingerprint density at radius 2 is 1.73 bits per heavy atom. The highest BCUT2D eigenvalue weighted by atomic mass is 35.5. The van der Waals surface area contributed by atoms with E-state index in [1.165, 1.54) is 17.7 Å². The second-order valence-corrected chi connectivity index (χ2v) is 7.61. The molecule has 0 bridgehead atoms. The molecule has 0 fully saturated rings. The molecule has 0 unspecified atom stereocenters. The summed E-state index contributed by atoms with van der Waals surface area (Å²) < 4.78 is 27.3. The standard InChI is InChI=1S/C16H17Cl2NO2S/c1-3-11(2)12-4-7-14(8-5-12)19-22(20,21)16-10-13(17)6-9-15(16)18/h4-11,19H,3H2,1-2H3/t11-/m1/s1. The molecule has 6 heteroatoms. The zero-order valence-electron chi connectivity index (χ0n) is 12.3. The molecule has 0 aliphatic carbocycles. The van der Waals surface area contributed by atoms with Gasteiger partial charge in [-0.15, -0.1) is 0 Å². The quantitative estimate of drug-likeness (QED) is 0.788. The number of halogens is 2. The molecular formula is C16H17Cl2NO2S. The molecular weight excluding hydrogens is 341 g/mol. The lowest BCUT2D eigenvalue weighted by Crippen LogP contribution is -2.13. The molecule has 2 aromatic rings. The van der Waals surface area contributed by atoms with Crippen LogP contribution in [0.25, 0.3) is 0 Å². The van der Waals surface area contributed by atoms with Crippen LogP contribution in [0, 0.1) is 0 Å². The largest absolute Gasteiger partial charge is 0.280 e. The third kappa shape index (κ3) is 3.94. The van der Waals surface area contributed by atoms with Gasteiger partial charge in [0, 0.05) is 10.7 Å². The van der Waals surface area contributed by atoms with Crippen molar-refractivity contribution in [2.75, 3.05) is 4.72 Å². The van der Waals surface area contributed by atoms with E-state index in [4.69, 9.17) is 23.2 Å². The van der Waals surface area contributed by atoms with E-state index in [1.807, 2.05) is 12.1 Å². The van der Waals surface area contributed by atoms with Gasteiger partial charge in [0.25, 0.3) is 10.0 Å². The first kappa shape index (κ1) is 17.1. The lowest BCUT2D eigenvalue weighted by molar-refractivity contribution is 0.601. The Labute approximate surface area is 141 Å². The van der Waals surface area contributed by atoms with Crippen LogP contribution in [0.3, 0.4) is 0 Å². The van der Waals surface area contributed by atoms with Gasteiger partial charge in [0.1, 0.15) is 4.90 Å². The van der Waals surface area contributed by atoms with E-state index in [0.717, 1.165) is 6.42 Å². The molecule has 0 aliphatic heterocycles. The fraction of sp³-hybridized carbons (Fsp3) is 0.250. The van der Waals surface area contributed by atoms with Crippen LogP contribution in [0.4, 0.5) is 5.69 Å². The Morgan fingerprint density at radius 1 is 1.09 bits per heavy atom. The van der Waals surface area contributed by atoms with Crippen LogP contribution >= 0.6 is 23.2 Å². The molecule has 0 radical (unpaired) electrons. The predicted molar refractivity (Wildman–Crippen MR) is 92.4 cm³/mol. The first-order valence-corrected chi connectivity index (χ1v) is 9.15. The molecule has 3 nitrogen and oxygen atoms in total. The van der Waals surface area contributed by atoms with Gasteiger partial charge in [-0.25, -0.2) is 8.42 Å². The zero-order valence-corrected chi connectivity index (χ0v) is 14.6. The van der Waals surface area contributed by atoms with E-state index in [0.29, 0.717) is 16.6 Å². The van der Waals surface area contributed by atoms with E-state index in [9.17, 15) is 8.42 Å². The second kappa shape index (κ2) is 6.90. The van der Waals surface area contributed by atoms with Crippen LogP contribution in [-0.2, 0) is 10.0 Å². The van der Waals surface area contributed by atoms with Gasteiger partial charge in [-0.1, -0.05) is 49.2 Å². The maximum atomic E-state index is 12.4. The number of sulfonamides is 1. The average molecular weight is 358 g/mol. The van der Waals surface area contributed by atoms with Gasteiger partial charge in [0.15, 0.2) is 0 Å². The molecule has 0 aliphatic rings. The van der Waals surface area contributed by atoms with Crippen molar-refractivity contribution < 1.29 is 8.42 Å². The van der Waals surface area contributed by atoms with Crippen molar-refractivity contribution in [3.8, 4) is 0 Å². The summed E-state index contributed by atoms with van der Waals surface area (Å²) >= 11 is 11.8. The fourth-order valence-electron chi connectivity index (χ4n) is 2.01. The molecule has 0 spiro atoms. The minimum absolute atomic E-state index is 0.0346. The molecule has 2 rings (SSSR count). The van der Waals surface area contributed by atoms with Crippen LogP contribution in [0.1, 0.15) is 31.7 Å². The van der Waals surface area contributed by atoms with Crippen molar-refractivity contribution in [1.82, 2.24) is 0 Å². The van der Waals surface area contributed by atoms with Crippen LogP contribution in [0.15, 0.2) is 47.4 Å². The number of rotatable bonds is 5. The normalized spacial score (nSPS) is 12.9. The third-order valence-corrected chi connectivity index (χ3v) is 5.63. The summed E-state index contributed by atoms with van der Waals surface area (Å²) in [7, 11) is -3.77. The lowest BCUT2D eigenvalue weighted by Gasteiger charge is -2.12. The molecule has 22 heavy (non-hydrogen) atoms. The highest BCUT2D eigenvalue weighted by Crippen LogP contribution is 2.27. The third-order valence-electron chi connectivity index (χ3n) is 3.53. The first-order valence-electron chi connectivity index (χ1n) is 6.91. The molecule has 0 amide bonds. The molecule has 1 atom stereocenters. The van der Waals surface area contributed by atoms with E-state index < -0.39 is 10.0 Å². The average Bonchev–Trinajstić information content (AvgIpc) is 2.49. The van der Waals surface area contributed by atoms with E-state index in [2.05, 4.69) is 18.6 Å². The summed E-state index contributed by atoms with van der Waals surface area (Å²) in [6, 6.07) is 11.7. The Kier molecular flexibility index (Phi) is 5.37. The monoisotopic (exact) mass is 357 g/mol. The summed E-state index contributed by atoms with van der Waals surface area (Å²) in [6.45, 7) is 4.24. The SMILES string of the molecule is CC[C@@H](C)c1ccc(NS(=O)(=O)c2cc(Cl)ccc2Cl)cc1. The van der Waals surface area contributed by atoms with Gasteiger partial charge >= 0.3 is 0 Å². The Balaban J connectivity index is 2.27. The fourth-order valence-corrected chi connectivity index (χ4v) is 3.83. The Hall–Kier alpha value is -1.23. The van der Waals surface area contributed by atoms with E-state index >= 15 is 0 Å². The number of anilines is 1. The molecule has 2 aromatic carbocycles. The van der Waals surface area contributed by atoms with Crippen LogP contribution in [0.2, 0.25) is 10.0 Å². The molecule has 0 saturated heterocycles. The van der Waals surface area contributed by atoms with Gasteiger partial charge in [0.05, 0.1) is 5.02 Å². The summed E-state index contributed by atoms with van der Waals surface area (Å²) in [5.41, 5.74) is 1.66. The molecule has 0 saturated carbocycles. The van der Waals surface area contributed by atoms with Crippen molar-refractivity contribution in [3.05, 3.63) is 58.1 Å². The molecule has 118 valence electrons. The van der Waals surface area contributed by atoms with E-state index in [-0.39, 0.29) is 9.92 Å². The number of benzene rings is 2. The van der Waals surface area contributed by atoms with Gasteiger partial charge in [-0.2, -0.15) is 0 Å². The lowest BCUT2D eigenvalue weighted by atomic mass is 9.99. The Morgan fingerprint density at radius 3 is 2.32 bits per heavy atom. The predicted octanol–water partition coefficient (Wildman–Crippen LogP) is 5.31. The number of nitrogens with one attached hydrogen (secondary N) is 1. The van der Waals surface area contributed by atoms with Gasteiger partial charge in [0.2, 0.25) is 0 Å². The minimum atomic E-state index is -3.77.